The Balaban J connectivity index is 2.71. The summed E-state index contributed by atoms with van der Waals surface area (Å²) < 4.78 is 0. The predicted octanol–water partition coefficient (Wildman–Crippen LogP) is 2.83. The molecule has 0 N–H and O–H groups in total. The highest BCUT2D eigenvalue weighted by molar-refractivity contribution is 6.93. The third-order valence-corrected chi connectivity index (χ3v) is 5.64. The highest BCUT2D eigenvalue weighted by atomic mass is 28.3. The van der Waals surface area contributed by atoms with Gasteiger partial charge in [0.1, 0.15) is 8.07 Å². The fraction of sp³-hybridized carbons (Fsp3) is 0.357. The molecule has 0 saturated carbocycles. The molecule has 1 aromatic carbocycles. The molecule has 0 saturated heterocycles. The van der Waals surface area contributed by atoms with Crippen molar-refractivity contribution in [3.05, 3.63) is 42.1 Å². The van der Waals surface area contributed by atoms with Gasteiger partial charge in [0.2, 0.25) is 0 Å². The molecule has 0 aliphatic rings. The highest BCUT2D eigenvalue weighted by Crippen LogP contribution is 2.07. The average Bonchev–Trinajstić information content (AvgIpc) is 2.39. The van der Waals surface area contributed by atoms with Crippen molar-refractivity contribution < 1.29 is 14.6 Å². The van der Waals surface area contributed by atoms with Gasteiger partial charge in [-0.15, -0.1) is 6.58 Å². The molecule has 1 rings (SSSR count). The number of carbonyl (C=O) groups is 1. The van der Waals surface area contributed by atoms with Crippen LogP contribution < -0.4 is 5.19 Å². The van der Waals surface area contributed by atoms with Crippen LogP contribution in [0.15, 0.2) is 36.5 Å². The standard InChI is InChI=1S/C14H20O3Si/c1-5-11-16-17-14(15)12-7-9-13(10-8-12)18(3,4)6-2/h6-10H,2,5,11H2,1,3-4H3. The monoisotopic (exact) mass is 264 g/mol. The molecule has 1 aromatic rings. The predicted molar refractivity (Wildman–Crippen MR) is 75.4 cm³/mol. The van der Waals surface area contributed by atoms with Crippen molar-refractivity contribution in [1.82, 2.24) is 0 Å². The Hall–Kier alpha value is -1.39. The van der Waals surface area contributed by atoms with Gasteiger partial charge in [0, 0.05) is 0 Å². The van der Waals surface area contributed by atoms with E-state index < -0.39 is 14.0 Å². The maximum atomic E-state index is 11.6. The first-order chi connectivity index (χ1) is 8.51. The molecule has 0 heterocycles. The van der Waals surface area contributed by atoms with Gasteiger partial charge in [-0.2, -0.15) is 4.89 Å². The zero-order valence-electron chi connectivity index (χ0n) is 11.2. The molecule has 98 valence electrons. The topological polar surface area (TPSA) is 35.5 Å². The van der Waals surface area contributed by atoms with Crippen molar-refractivity contribution in [2.75, 3.05) is 6.61 Å². The zero-order chi connectivity index (χ0) is 13.6. The van der Waals surface area contributed by atoms with E-state index >= 15 is 0 Å². The van der Waals surface area contributed by atoms with Crippen molar-refractivity contribution >= 4 is 19.2 Å². The summed E-state index contributed by atoms with van der Waals surface area (Å²) >= 11 is 0. The van der Waals surface area contributed by atoms with E-state index in [1.54, 1.807) is 12.1 Å². The number of benzene rings is 1. The molecule has 0 aliphatic heterocycles. The molecule has 0 amide bonds. The summed E-state index contributed by atoms with van der Waals surface area (Å²) in [5, 5.41) is 1.24. The Morgan fingerprint density at radius 2 is 1.94 bits per heavy atom. The summed E-state index contributed by atoms with van der Waals surface area (Å²) in [5.41, 5.74) is 2.52. The van der Waals surface area contributed by atoms with E-state index in [-0.39, 0.29) is 0 Å². The van der Waals surface area contributed by atoms with Crippen LogP contribution in [-0.2, 0) is 9.78 Å². The van der Waals surface area contributed by atoms with Crippen molar-refractivity contribution in [2.24, 2.45) is 0 Å². The van der Waals surface area contributed by atoms with Crippen LogP contribution in [0, 0.1) is 0 Å². The maximum Gasteiger partial charge on any atom is 0.373 e. The first kappa shape index (κ1) is 14.7. The Labute approximate surface area is 109 Å². The fourth-order valence-corrected chi connectivity index (χ4v) is 2.64. The van der Waals surface area contributed by atoms with Gasteiger partial charge < -0.3 is 0 Å². The van der Waals surface area contributed by atoms with E-state index in [9.17, 15) is 4.79 Å². The van der Waals surface area contributed by atoms with Crippen molar-refractivity contribution in [3.63, 3.8) is 0 Å². The first-order valence-electron chi connectivity index (χ1n) is 6.09. The summed E-state index contributed by atoms with van der Waals surface area (Å²) in [4.78, 5) is 21.0. The molecule has 0 radical (unpaired) electrons. The van der Waals surface area contributed by atoms with Gasteiger partial charge in [-0.05, 0) is 18.6 Å². The van der Waals surface area contributed by atoms with E-state index in [2.05, 4.69) is 24.6 Å². The number of hydrogen-bond donors (Lipinski definition) is 0. The van der Waals surface area contributed by atoms with E-state index in [0.29, 0.717) is 12.2 Å². The molecule has 0 aromatic heterocycles. The lowest BCUT2D eigenvalue weighted by atomic mass is 10.2. The molecule has 18 heavy (non-hydrogen) atoms. The maximum absolute atomic E-state index is 11.6. The molecular weight excluding hydrogens is 244 g/mol. The van der Waals surface area contributed by atoms with Crippen LogP contribution >= 0.6 is 0 Å². The molecule has 0 fully saturated rings. The van der Waals surface area contributed by atoms with Gasteiger partial charge in [-0.3, -0.25) is 4.89 Å². The molecule has 0 spiro atoms. The summed E-state index contributed by atoms with van der Waals surface area (Å²) in [7, 11) is -1.56. The molecule has 4 heteroatoms. The van der Waals surface area contributed by atoms with Gasteiger partial charge in [0.05, 0.1) is 12.2 Å². The summed E-state index contributed by atoms with van der Waals surface area (Å²) in [6, 6.07) is 7.46. The number of hydrogen-bond acceptors (Lipinski definition) is 3. The van der Waals surface area contributed by atoms with Crippen LogP contribution in [-0.4, -0.2) is 20.7 Å². The van der Waals surface area contributed by atoms with Crippen molar-refractivity contribution in [3.8, 4) is 0 Å². The lowest BCUT2D eigenvalue weighted by Gasteiger charge is -2.17. The highest BCUT2D eigenvalue weighted by Gasteiger charge is 2.19. The minimum atomic E-state index is -1.56. The zero-order valence-corrected chi connectivity index (χ0v) is 12.2. The van der Waals surface area contributed by atoms with Crippen LogP contribution in [0.1, 0.15) is 23.7 Å². The minimum absolute atomic E-state index is 0.417. The van der Waals surface area contributed by atoms with Crippen LogP contribution in [0.2, 0.25) is 13.1 Å². The van der Waals surface area contributed by atoms with Crippen LogP contribution in [0.4, 0.5) is 0 Å². The quantitative estimate of drug-likeness (QED) is 0.343. The Morgan fingerprint density at radius 1 is 1.33 bits per heavy atom. The molecular formula is C14H20O3Si. The Morgan fingerprint density at radius 3 is 2.44 bits per heavy atom. The van der Waals surface area contributed by atoms with E-state index in [0.717, 1.165) is 6.42 Å². The van der Waals surface area contributed by atoms with Crippen LogP contribution in [0.25, 0.3) is 0 Å². The molecule has 0 aliphatic carbocycles. The smallest absolute Gasteiger partial charge is 0.293 e. The third kappa shape index (κ3) is 3.82. The first-order valence-corrected chi connectivity index (χ1v) is 9.17. The fourth-order valence-electron chi connectivity index (χ4n) is 1.38. The number of rotatable bonds is 6. The van der Waals surface area contributed by atoms with Gasteiger partial charge >= 0.3 is 5.97 Å². The minimum Gasteiger partial charge on any atom is -0.293 e. The van der Waals surface area contributed by atoms with E-state index in [1.807, 2.05) is 24.8 Å². The van der Waals surface area contributed by atoms with Crippen LogP contribution in [0.5, 0.6) is 0 Å². The van der Waals surface area contributed by atoms with Gasteiger partial charge in [0.15, 0.2) is 0 Å². The largest absolute Gasteiger partial charge is 0.373 e. The molecule has 0 unspecified atom stereocenters. The molecule has 0 atom stereocenters. The molecule has 3 nitrogen and oxygen atoms in total. The number of carbonyl (C=O) groups excluding carboxylic acids is 1. The third-order valence-electron chi connectivity index (χ3n) is 2.80. The lowest BCUT2D eigenvalue weighted by molar-refractivity contribution is -0.240. The average molecular weight is 264 g/mol. The van der Waals surface area contributed by atoms with Crippen LogP contribution in [0.3, 0.4) is 0 Å². The van der Waals surface area contributed by atoms with Gasteiger partial charge in [-0.1, -0.05) is 43.0 Å². The van der Waals surface area contributed by atoms with Crippen molar-refractivity contribution in [2.45, 2.75) is 26.4 Å². The van der Waals surface area contributed by atoms with E-state index in [1.165, 1.54) is 5.19 Å². The Bertz CT molecular complexity index is 410. The second-order valence-electron chi connectivity index (χ2n) is 4.70. The van der Waals surface area contributed by atoms with Gasteiger partial charge in [-0.25, -0.2) is 4.79 Å². The Kier molecular flexibility index (Phi) is 5.31. The summed E-state index contributed by atoms with van der Waals surface area (Å²) in [5.74, 6) is -0.451. The normalized spacial score (nSPS) is 11.1. The summed E-state index contributed by atoms with van der Waals surface area (Å²) in [6.45, 7) is 10.6. The second kappa shape index (κ2) is 6.52. The van der Waals surface area contributed by atoms with E-state index in [4.69, 9.17) is 4.89 Å². The second-order valence-corrected chi connectivity index (χ2v) is 9.12. The molecule has 0 bridgehead atoms. The van der Waals surface area contributed by atoms with Gasteiger partial charge in [0.25, 0.3) is 0 Å². The lowest BCUT2D eigenvalue weighted by Crippen LogP contribution is -2.39. The SMILES string of the molecule is C=C[Si](C)(C)c1ccc(C(=O)OOCCC)cc1. The summed E-state index contributed by atoms with van der Waals surface area (Å²) in [6.07, 6.45) is 0.811. The van der Waals surface area contributed by atoms with Crippen molar-refractivity contribution in [1.29, 1.82) is 0 Å².